The summed E-state index contributed by atoms with van der Waals surface area (Å²) in [7, 11) is 0. The Morgan fingerprint density at radius 3 is 2.42 bits per heavy atom. The van der Waals surface area contributed by atoms with Crippen molar-refractivity contribution in [3.63, 3.8) is 0 Å². The summed E-state index contributed by atoms with van der Waals surface area (Å²) in [5.41, 5.74) is 1.65. The summed E-state index contributed by atoms with van der Waals surface area (Å²) in [6, 6.07) is 14.1. The zero-order valence-corrected chi connectivity index (χ0v) is 17.3. The molecule has 2 amide bonds. The fourth-order valence-corrected chi connectivity index (χ4v) is 3.46. The first kappa shape index (κ1) is 21.1. The molecule has 0 fully saturated rings. The zero-order chi connectivity index (χ0) is 21.8. The lowest BCUT2D eigenvalue weighted by Crippen LogP contribution is -2.32. The molecule has 2 heterocycles. The molecule has 31 heavy (non-hydrogen) atoms. The highest BCUT2D eigenvalue weighted by molar-refractivity contribution is 6.31. The van der Waals surface area contributed by atoms with Crippen LogP contribution in [0.1, 0.15) is 32.1 Å². The van der Waals surface area contributed by atoms with E-state index in [4.69, 9.17) is 16.3 Å². The number of aromatic nitrogens is 4. The number of ether oxygens (including phenoxy) is 1. The van der Waals surface area contributed by atoms with Crippen LogP contribution in [0.3, 0.4) is 0 Å². The number of amides is 2. The minimum atomic E-state index is -0.833. The molecule has 3 aromatic rings. The number of benzene rings is 2. The van der Waals surface area contributed by atoms with Gasteiger partial charge in [-0.15, -0.1) is 10.2 Å². The van der Waals surface area contributed by atoms with E-state index in [-0.39, 0.29) is 44.5 Å². The molecule has 0 radical (unpaired) electrons. The average molecular weight is 442 g/mol. The molecule has 0 aliphatic carbocycles. The van der Waals surface area contributed by atoms with Crippen molar-refractivity contribution in [1.82, 2.24) is 25.1 Å². The van der Waals surface area contributed by atoms with E-state index in [2.05, 4.69) is 15.4 Å². The Morgan fingerprint density at radius 1 is 1.03 bits per heavy atom. The number of rotatable bonds is 9. The van der Waals surface area contributed by atoms with Crippen molar-refractivity contribution < 1.29 is 19.4 Å². The van der Waals surface area contributed by atoms with Gasteiger partial charge in [-0.3, -0.25) is 14.5 Å². The largest absolute Gasteiger partial charge is 0.389 e. The molecular formula is C21H20ClN5O4. The van der Waals surface area contributed by atoms with Gasteiger partial charge in [0.15, 0.2) is 5.82 Å². The van der Waals surface area contributed by atoms with Crippen molar-refractivity contribution >= 4 is 23.4 Å². The van der Waals surface area contributed by atoms with Crippen molar-refractivity contribution in [3.8, 4) is 0 Å². The molecule has 0 saturated heterocycles. The summed E-state index contributed by atoms with van der Waals surface area (Å²) in [4.78, 5) is 27.2. The van der Waals surface area contributed by atoms with Gasteiger partial charge >= 0.3 is 0 Å². The van der Waals surface area contributed by atoms with Gasteiger partial charge in [-0.2, -0.15) is 4.80 Å². The molecule has 1 aliphatic rings. The Kier molecular flexibility index (Phi) is 6.36. The molecule has 4 rings (SSSR count). The summed E-state index contributed by atoms with van der Waals surface area (Å²) < 4.78 is 5.51. The Hall–Kier alpha value is -3.14. The van der Waals surface area contributed by atoms with Crippen molar-refractivity contribution in [1.29, 1.82) is 0 Å². The summed E-state index contributed by atoms with van der Waals surface area (Å²) in [6.45, 7) is 0.619. The first-order chi connectivity index (χ1) is 15.0. The topological polar surface area (TPSA) is 110 Å². The molecule has 2 aromatic carbocycles. The number of halogens is 1. The molecule has 1 aliphatic heterocycles. The van der Waals surface area contributed by atoms with Crippen LogP contribution in [0.25, 0.3) is 0 Å². The molecule has 0 spiro atoms. The minimum Gasteiger partial charge on any atom is -0.389 e. The highest BCUT2D eigenvalue weighted by Crippen LogP contribution is 2.22. The van der Waals surface area contributed by atoms with Gasteiger partial charge in [0.2, 0.25) is 0 Å². The second-order valence-corrected chi connectivity index (χ2v) is 7.49. The van der Waals surface area contributed by atoms with Gasteiger partial charge < -0.3 is 9.84 Å². The predicted molar refractivity (Wildman–Crippen MR) is 110 cm³/mol. The van der Waals surface area contributed by atoms with E-state index in [0.29, 0.717) is 22.0 Å². The van der Waals surface area contributed by atoms with Gasteiger partial charge in [-0.05, 0) is 29.0 Å². The third kappa shape index (κ3) is 4.79. The first-order valence-electron chi connectivity index (χ1n) is 9.74. The standard InChI is InChI=1S/C21H20ClN5O4/c22-18-8-4-1-5-14(18)12-31-13-15(28)11-27-24-19(23-25-27)9-10-26-20(29)16-6-2-3-7-17(16)21(26)30/h1-8,15,28H,9-13H2. The number of nitrogens with zero attached hydrogens (tertiary/aromatic N) is 5. The van der Waals surface area contributed by atoms with Crippen molar-refractivity contribution in [2.45, 2.75) is 25.7 Å². The van der Waals surface area contributed by atoms with E-state index in [0.717, 1.165) is 5.56 Å². The van der Waals surface area contributed by atoms with Crippen LogP contribution >= 0.6 is 11.6 Å². The van der Waals surface area contributed by atoms with Crippen LogP contribution < -0.4 is 0 Å². The van der Waals surface area contributed by atoms with Gasteiger partial charge in [0.1, 0.15) is 0 Å². The maximum atomic E-state index is 12.4. The zero-order valence-electron chi connectivity index (χ0n) is 16.5. The van der Waals surface area contributed by atoms with Crippen LogP contribution in [-0.4, -0.2) is 61.3 Å². The lowest BCUT2D eigenvalue weighted by Gasteiger charge is -2.12. The number of hydrogen-bond donors (Lipinski definition) is 1. The summed E-state index contributed by atoms with van der Waals surface area (Å²) in [6.07, 6.45) is -0.564. The second-order valence-electron chi connectivity index (χ2n) is 7.08. The maximum Gasteiger partial charge on any atom is 0.261 e. The van der Waals surface area contributed by atoms with Crippen LogP contribution in [0.15, 0.2) is 48.5 Å². The van der Waals surface area contributed by atoms with E-state index >= 15 is 0 Å². The normalized spacial score (nSPS) is 14.2. The molecule has 0 bridgehead atoms. The SMILES string of the molecule is O=C1c2ccccc2C(=O)N1CCc1nnn(CC(O)COCc2ccccc2Cl)n1. The van der Waals surface area contributed by atoms with Crippen LogP contribution in [0.2, 0.25) is 5.02 Å². The van der Waals surface area contributed by atoms with E-state index < -0.39 is 6.10 Å². The lowest BCUT2D eigenvalue weighted by molar-refractivity contribution is 0.0164. The van der Waals surface area contributed by atoms with E-state index in [9.17, 15) is 14.7 Å². The van der Waals surface area contributed by atoms with E-state index in [1.807, 2.05) is 18.2 Å². The smallest absolute Gasteiger partial charge is 0.261 e. The number of aliphatic hydroxyl groups excluding tert-OH is 1. The van der Waals surface area contributed by atoms with Gasteiger partial charge in [0.05, 0.1) is 37.0 Å². The van der Waals surface area contributed by atoms with Crippen LogP contribution in [0.4, 0.5) is 0 Å². The minimum absolute atomic E-state index is 0.0805. The monoisotopic (exact) mass is 441 g/mol. The average Bonchev–Trinajstić information content (AvgIpc) is 3.31. The van der Waals surface area contributed by atoms with Gasteiger partial charge in [0.25, 0.3) is 11.8 Å². The fourth-order valence-electron chi connectivity index (χ4n) is 3.27. The molecule has 10 heteroatoms. The van der Waals surface area contributed by atoms with Crippen molar-refractivity contribution in [3.05, 3.63) is 76.1 Å². The molecule has 1 atom stereocenters. The van der Waals surface area contributed by atoms with Gasteiger partial charge in [-0.1, -0.05) is 41.9 Å². The quantitative estimate of drug-likeness (QED) is 0.503. The highest BCUT2D eigenvalue weighted by atomic mass is 35.5. The summed E-state index contributed by atoms with van der Waals surface area (Å²) >= 11 is 6.07. The number of fused-ring (bicyclic) bond motifs is 1. The molecule has 160 valence electrons. The van der Waals surface area contributed by atoms with Crippen LogP contribution in [-0.2, 0) is 24.3 Å². The van der Waals surface area contributed by atoms with Crippen molar-refractivity contribution in [2.75, 3.05) is 13.2 Å². The number of tetrazole rings is 1. The first-order valence-corrected chi connectivity index (χ1v) is 10.1. The van der Waals surface area contributed by atoms with Crippen LogP contribution in [0, 0.1) is 0 Å². The third-order valence-electron chi connectivity index (χ3n) is 4.83. The molecule has 0 saturated carbocycles. The molecule has 1 aromatic heterocycles. The number of aliphatic hydroxyl groups is 1. The molecule has 1 unspecified atom stereocenters. The number of imide groups is 1. The van der Waals surface area contributed by atoms with E-state index in [1.54, 1.807) is 30.3 Å². The number of hydrogen-bond acceptors (Lipinski definition) is 7. The molecular weight excluding hydrogens is 422 g/mol. The summed E-state index contributed by atoms with van der Waals surface area (Å²) in [5.74, 6) is -0.265. The lowest BCUT2D eigenvalue weighted by atomic mass is 10.1. The van der Waals surface area contributed by atoms with E-state index in [1.165, 1.54) is 9.70 Å². The Bertz CT molecular complexity index is 1070. The Morgan fingerprint density at radius 2 is 1.71 bits per heavy atom. The number of carbonyl (C=O) groups excluding carboxylic acids is 2. The molecule has 1 N–H and O–H groups in total. The Balaban J connectivity index is 1.25. The van der Waals surface area contributed by atoms with Crippen LogP contribution in [0.5, 0.6) is 0 Å². The third-order valence-corrected chi connectivity index (χ3v) is 5.20. The van der Waals surface area contributed by atoms with Gasteiger partial charge in [0, 0.05) is 18.0 Å². The Labute approximate surface area is 183 Å². The second kappa shape index (κ2) is 9.34. The fraction of sp³-hybridized carbons (Fsp3) is 0.286. The highest BCUT2D eigenvalue weighted by Gasteiger charge is 2.34. The maximum absolute atomic E-state index is 12.4. The molecule has 9 nitrogen and oxygen atoms in total. The summed E-state index contributed by atoms with van der Waals surface area (Å²) in [5, 5.41) is 22.8. The number of carbonyl (C=O) groups is 2. The van der Waals surface area contributed by atoms with Gasteiger partial charge in [-0.25, -0.2) is 0 Å². The predicted octanol–water partition coefficient (Wildman–Crippen LogP) is 1.74. The van der Waals surface area contributed by atoms with Crippen molar-refractivity contribution in [2.24, 2.45) is 0 Å².